The Morgan fingerprint density at radius 3 is 2.65 bits per heavy atom. The van der Waals surface area contributed by atoms with Crippen LogP contribution in [0, 0.1) is 17.0 Å². The van der Waals surface area contributed by atoms with Crippen LogP contribution in [0.4, 0.5) is 5.69 Å². The zero-order chi connectivity index (χ0) is 14.7. The number of nitrogens with zero attached hydrogens (tertiary/aromatic N) is 1. The molecule has 0 heterocycles. The molecule has 2 aromatic rings. The van der Waals surface area contributed by atoms with Gasteiger partial charge in [0.1, 0.15) is 11.5 Å². The van der Waals surface area contributed by atoms with Gasteiger partial charge in [0, 0.05) is 16.4 Å². The third kappa shape index (κ3) is 3.49. The minimum atomic E-state index is -0.457. The van der Waals surface area contributed by atoms with Crippen LogP contribution in [-0.2, 0) is 5.88 Å². The molecule has 104 valence electrons. The molecule has 0 saturated carbocycles. The van der Waals surface area contributed by atoms with Crippen LogP contribution in [0.2, 0.25) is 0 Å². The highest BCUT2D eigenvalue weighted by Gasteiger charge is 2.11. The van der Waals surface area contributed by atoms with Gasteiger partial charge in [0.05, 0.1) is 11.0 Å². The van der Waals surface area contributed by atoms with Crippen LogP contribution < -0.4 is 4.74 Å². The van der Waals surface area contributed by atoms with Crippen LogP contribution in [0.3, 0.4) is 0 Å². The number of alkyl halides is 1. The van der Waals surface area contributed by atoms with Gasteiger partial charge in [-0.25, -0.2) is 0 Å². The third-order valence-corrected chi connectivity index (χ3v) is 3.45. The molecule has 0 saturated heterocycles. The van der Waals surface area contributed by atoms with E-state index in [0.717, 1.165) is 11.1 Å². The lowest BCUT2D eigenvalue weighted by molar-refractivity contribution is -0.385. The zero-order valence-electron chi connectivity index (χ0n) is 10.6. The van der Waals surface area contributed by atoms with Crippen LogP contribution in [0.15, 0.2) is 40.9 Å². The summed E-state index contributed by atoms with van der Waals surface area (Å²) < 4.78 is 6.30. The molecule has 2 rings (SSSR count). The summed E-state index contributed by atoms with van der Waals surface area (Å²) in [5.74, 6) is 1.49. The van der Waals surface area contributed by atoms with Crippen molar-refractivity contribution in [2.45, 2.75) is 12.8 Å². The van der Waals surface area contributed by atoms with E-state index in [2.05, 4.69) is 15.9 Å². The third-order valence-electron chi connectivity index (χ3n) is 2.69. The van der Waals surface area contributed by atoms with Gasteiger partial charge < -0.3 is 4.74 Å². The van der Waals surface area contributed by atoms with E-state index in [-0.39, 0.29) is 5.69 Å². The fourth-order valence-electron chi connectivity index (χ4n) is 1.75. The number of benzene rings is 2. The lowest BCUT2D eigenvalue weighted by Gasteiger charge is -2.10. The maximum atomic E-state index is 10.8. The average molecular weight is 357 g/mol. The molecular formula is C14H11BrClNO3. The van der Waals surface area contributed by atoms with Gasteiger partial charge in [0.25, 0.3) is 5.69 Å². The first-order chi connectivity index (χ1) is 9.49. The summed E-state index contributed by atoms with van der Waals surface area (Å²) in [7, 11) is 0. The number of hydrogen-bond donors (Lipinski definition) is 0. The summed E-state index contributed by atoms with van der Waals surface area (Å²) in [6.07, 6.45) is 0. The number of nitro groups is 1. The Kier molecular flexibility index (Phi) is 4.62. The van der Waals surface area contributed by atoms with Gasteiger partial charge in [-0.3, -0.25) is 10.1 Å². The fourth-order valence-corrected chi connectivity index (χ4v) is 2.37. The molecule has 20 heavy (non-hydrogen) atoms. The summed E-state index contributed by atoms with van der Waals surface area (Å²) in [4.78, 5) is 10.4. The van der Waals surface area contributed by atoms with Crippen molar-refractivity contribution in [3.05, 3.63) is 62.1 Å². The van der Waals surface area contributed by atoms with Crippen molar-refractivity contribution in [3.8, 4) is 11.5 Å². The Labute approximate surface area is 129 Å². The van der Waals surface area contributed by atoms with E-state index < -0.39 is 4.92 Å². The van der Waals surface area contributed by atoms with Gasteiger partial charge in [-0.1, -0.05) is 28.1 Å². The van der Waals surface area contributed by atoms with Gasteiger partial charge in [-0.05, 0) is 30.2 Å². The first-order valence-corrected chi connectivity index (χ1v) is 7.10. The lowest BCUT2D eigenvalue weighted by Crippen LogP contribution is -1.92. The number of hydrogen-bond acceptors (Lipinski definition) is 3. The second kappa shape index (κ2) is 6.24. The molecule has 6 heteroatoms. The largest absolute Gasteiger partial charge is 0.457 e. The van der Waals surface area contributed by atoms with E-state index in [4.69, 9.17) is 16.3 Å². The Bertz CT molecular complexity index is 661. The van der Waals surface area contributed by atoms with Crippen molar-refractivity contribution < 1.29 is 9.66 Å². The van der Waals surface area contributed by atoms with E-state index in [0.29, 0.717) is 21.9 Å². The van der Waals surface area contributed by atoms with Gasteiger partial charge in [-0.2, -0.15) is 0 Å². The number of aryl methyl sites for hydroxylation is 1. The molecule has 4 nitrogen and oxygen atoms in total. The molecule has 0 atom stereocenters. The molecule has 0 unspecified atom stereocenters. The van der Waals surface area contributed by atoms with E-state index in [1.165, 1.54) is 12.1 Å². The lowest BCUT2D eigenvalue weighted by atomic mass is 10.1. The number of nitro benzene ring substituents is 1. The van der Waals surface area contributed by atoms with E-state index in [1.807, 2.05) is 19.1 Å². The van der Waals surface area contributed by atoms with Crippen LogP contribution in [0.1, 0.15) is 11.1 Å². The van der Waals surface area contributed by atoms with E-state index in [9.17, 15) is 10.1 Å². The second-order valence-electron chi connectivity index (χ2n) is 4.24. The standard InChI is InChI=1S/C14H11BrClNO3/c1-9-4-10(8-16)2-3-14(9)20-13-6-11(15)5-12(7-13)17(18)19/h2-7H,8H2,1H3. The summed E-state index contributed by atoms with van der Waals surface area (Å²) in [5, 5.41) is 10.8. The highest BCUT2D eigenvalue weighted by Crippen LogP contribution is 2.31. The summed E-state index contributed by atoms with van der Waals surface area (Å²) in [5.41, 5.74) is 1.90. The molecule has 0 radical (unpaired) electrons. The molecule has 0 spiro atoms. The van der Waals surface area contributed by atoms with Crippen LogP contribution >= 0.6 is 27.5 Å². The normalized spacial score (nSPS) is 10.3. The van der Waals surface area contributed by atoms with Gasteiger partial charge in [0.2, 0.25) is 0 Å². The van der Waals surface area contributed by atoms with Crippen LogP contribution in [-0.4, -0.2) is 4.92 Å². The number of ether oxygens (including phenoxy) is 1. The Morgan fingerprint density at radius 2 is 2.05 bits per heavy atom. The first-order valence-electron chi connectivity index (χ1n) is 5.78. The summed E-state index contributed by atoms with van der Waals surface area (Å²) in [6, 6.07) is 10.1. The molecule has 0 aliphatic heterocycles. The molecule has 2 aromatic carbocycles. The predicted octanol–water partition coefficient (Wildman–Crippen LogP) is 5.20. The van der Waals surface area contributed by atoms with Gasteiger partial charge in [0.15, 0.2) is 0 Å². The highest BCUT2D eigenvalue weighted by molar-refractivity contribution is 9.10. The zero-order valence-corrected chi connectivity index (χ0v) is 12.9. The minimum Gasteiger partial charge on any atom is -0.457 e. The SMILES string of the molecule is Cc1cc(CCl)ccc1Oc1cc(Br)cc([N+](=O)[O-])c1. The Morgan fingerprint density at radius 1 is 1.30 bits per heavy atom. The fraction of sp³-hybridized carbons (Fsp3) is 0.143. The monoisotopic (exact) mass is 355 g/mol. The molecule has 0 aliphatic rings. The van der Waals surface area contributed by atoms with E-state index in [1.54, 1.807) is 12.1 Å². The minimum absolute atomic E-state index is 0.0237. The number of halogens is 2. The second-order valence-corrected chi connectivity index (χ2v) is 5.42. The summed E-state index contributed by atoms with van der Waals surface area (Å²) in [6.45, 7) is 1.90. The van der Waals surface area contributed by atoms with Crippen molar-refractivity contribution in [2.75, 3.05) is 0 Å². The Balaban J connectivity index is 2.32. The molecule has 0 N–H and O–H groups in total. The molecule has 0 fully saturated rings. The maximum Gasteiger partial charge on any atom is 0.274 e. The molecule has 0 aromatic heterocycles. The first kappa shape index (κ1) is 14.8. The molecule has 0 bridgehead atoms. The van der Waals surface area contributed by atoms with Gasteiger partial charge in [-0.15, -0.1) is 11.6 Å². The highest BCUT2D eigenvalue weighted by atomic mass is 79.9. The van der Waals surface area contributed by atoms with Crippen molar-refractivity contribution in [3.63, 3.8) is 0 Å². The quantitative estimate of drug-likeness (QED) is 0.430. The van der Waals surface area contributed by atoms with Crippen molar-refractivity contribution in [1.82, 2.24) is 0 Å². The molecule has 0 amide bonds. The maximum absolute atomic E-state index is 10.8. The van der Waals surface area contributed by atoms with Crippen molar-refractivity contribution in [2.24, 2.45) is 0 Å². The van der Waals surface area contributed by atoms with Crippen molar-refractivity contribution in [1.29, 1.82) is 0 Å². The summed E-state index contributed by atoms with van der Waals surface area (Å²) >= 11 is 9.00. The number of non-ortho nitro benzene ring substituents is 1. The topological polar surface area (TPSA) is 52.4 Å². The van der Waals surface area contributed by atoms with E-state index >= 15 is 0 Å². The number of rotatable bonds is 4. The van der Waals surface area contributed by atoms with Crippen LogP contribution in [0.25, 0.3) is 0 Å². The van der Waals surface area contributed by atoms with Gasteiger partial charge >= 0.3 is 0 Å². The van der Waals surface area contributed by atoms with Crippen molar-refractivity contribution >= 4 is 33.2 Å². The molecular weight excluding hydrogens is 346 g/mol. The molecule has 0 aliphatic carbocycles. The van der Waals surface area contributed by atoms with Crippen LogP contribution in [0.5, 0.6) is 11.5 Å². The Hall–Kier alpha value is -1.59. The average Bonchev–Trinajstić information content (AvgIpc) is 2.40. The smallest absolute Gasteiger partial charge is 0.274 e. The predicted molar refractivity (Wildman–Crippen MR) is 81.6 cm³/mol.